The summed E-state index contributed by atoms with van der Waals surface area (Å²) in [6.07, 6.45) is 9.15. The average molecular weight is 377 g/mol. The molecule has 4 saturated heterocycles. The van der Waals surface area contributed by atoms with Gasteiger partial charge in [0.25, 0.3) is 0 Å². The smallest absolute Gasteiger partial charge is 0.236 e. The summed E-state index contributed by atoms with van der Waals surface area (Å²) in [7, 11) is 0. The average Bonchev–Trinajstić information content (AvgIpc) is 3.42. The van der Waals surface area contributed by atoms with E-state index in [1.54, 1.807) is 0 Å². The van der Waals surface area contributed by atoms with Crippen molar-refractivity contribution < 1.29 is 9.59 Å². The number of rotatable bonds is 4. The number of likely N-dealkylation sites (tertiary alicyclic amines) is 4. The van der Waals surface area contributed by atoms with Crippen LogP contribution in [0.25, 0.3) is 0 Å². The van der Waals surface area contributed by atoms with Gasteiger partial charge in [0, 0.05) is 44.7 Å². The second kappa shape index (κ2) is 8.91. The molecule has 4 aliphatic rings. The Morgan fingerprint density at radius 3 is 2.07 bits per heavy atom. The monoisotopic (exact) mass is 376 g/mol. The first-order valence-corrected chi connectivity index (χ1v) is 11.2. The van der Waals surface area contributed by atoms with Crippen LogP contribution in [0.3, 0.4) is 0 Å². The van der Waals surface area contributed by atoms with Gasteiger partial charge in [0.05, 0.1) is 6.54 Å². The van der Waals surface area contributed by atoms with Crippen molar-refractivity contribution in [2.45, 2.75) is 57.4 Å². The Hall–Kier alpha value is -1.14. The van der Waals surface area contributed by atoms with Crippen molar-refractivity contribution in [2.24, 2.45) is 5.92 Å². The molecule has 6 nitrogen and oxygen atoms in total. The van der Waals surface area contributed by atoms with Crippen LogP contribution in [0.15, 0.2) is 0 Å². The van der Waals surface area contributed by atoms with Crippen LogP contribution in [0.1, 0.15) is 51.4 Å². The Morgan fingerprint density at radius 2 is 1.37 bits per heavy atom. The lowest BCUT2D eigenvalue weighted by atomic mass is 9.95. The highest BCUT2D eigenvalue weighted by atomic mass is 16.2. The molecule has 0 aromatic heterocycles. The highest BCUT2D eigenvalue weighted by Gasteiger charge is 2.33. The largest absolute Gasteiger partial charge is 0.342 e. The summed E-state index contributed by atoms with van der Waals surface area (Å²) in [6, 6.07) is 0.651. The van der Waals surface area contributed by atoms with Gasteiger partial charge < -0.3 is 9.80 Å². The summed E-state index contributed by atoms with van der Waals surface area (Å²) in [5, 5.41) is 0. The Morgan fingerprint density at radius 1 is 0.704 bits per heavy atom. The zero-order chi connectivity index (χ0) is 18.6. The van der Waals surface area contributed by atoms with Crippen molar-refractivity contribution >= 4 is 11.8 Å². The molecule has 4 aliphatic heterocycles. The molecule has 2 amide bonds. The highest BCUT2D eigenvalue weighted by Crippen LogP contribution is 2.23. The van der Waals surface area contributed by atoms with Crippen molar-refractivity contribution in [1.29, 1.82) is 0 Å². The minimum Gasteiger partial charge on any atom is -0.342 e. The Kier molecular flexibility index (Phi) is 6.33. The van der Waals surface area contributed by atoms with E-state index in [1.807, 2.05) is 9.80 Å². The molecule has 0 spiro atoms. The SMILES string of the molecule is O=C(CN1CCCC(N2CCCC2)C1)N1CCC(C(=O)N2CCCC2)CC1. The van der Waals surface area contributed by atoms with Crippen molar-refractivity contribution in [3.63, 3.8) is 0 Å². The minimum absolute atomic E-state index is 0.140. The predicted molar refractivity (Wildman–Crippen MR) is 105 cm³/mol. The first-order chi connectivity index (χ1) is 13.2. The molecule has 6 heteroatoms. The van der Waals surface area contributed by atoms with Gasteiger partial charge in [-0.2, -0.15) is 0 Å². The number of nitrogens with zero attached hydrogens (tertiary/aromatic N) is 4. The quantitative estimate of drug-likeness (QED) is 0.744. The maximum atomic E-state index is 12.8. The Balaban J connectivity index is 1.21. The lowest BCUT2D eigenvalue weighted by Crippen LogP contribution is -2.51. The van der Waals surface area contributed by atoms with Gasteiger partial charge in [0.15, 0.2) is 0 Å². The third kappa shape index (κ3) is 4.65. The van der Waals surface area contributed by atoms with Gasteiger partial charge in [-0.3, -0.25) is 19.4 Å². The number of carbonyl (C=O) groups excluding carboxylic acids is 2. The zero-order valence-corrected chi connectivity index (χ0v) is 16.8. The normalized spacial score (nSPS) is 28.8. The first-order valence-electron chi connectivity index (χ1n) is 11.2. The van der Waals surface area contributed by atoms with E-state index >= 15 is 0 Å². The van der Waals surface area contributed by atoms with Gasteiger partial charge in [0.1, 0.15) is 0 Å². The van der Waals surface area contributed by atoms with Crippen LogP contribution in [0.5, 0.6) is 0 Å². The molecule has 0 saturated carbocycles. The van der Waals surface area contributed by atoms with Crippen molar-refractivity contribution in [3.8, 4) is 0 Å². The molecule has 0 bridgehead atoms. The van der Waals surface area contributed by atoms with Gasteiger partial charge in [-0.15, -0.1) is 0 Å². The molecular weight excluding hydrogens is 340 g/mol. The van der Waals surface area contributed by atoms with E-state index < -0.39 is 0 Å². The van der Waals surface area contributed by atoms with E-state index in [0.717, 1.165) is 65.0 Å². The zero-order valence-electron chi connectivity index (χ0n) is 16.8. The maximum absolute atomic E-state index is 12.8. The second-order valence-electron chi connectivity index (χ2n) is 8.96. The number of hydrogen-bond donors (Lipinski definition) is 0. The Labute approximate surface area is 163 Å². The molecule has 1 atom stereocenters. The molecule has 4 heterocycles. The summed E-state index contributed by atoms with van der Waals surface area (Å²) < 4.78 is 0. The van der Waals surface area contributed by atoms with Crippen LogP contribution in [-0.4, -0.2) is 96.4 Å². The van der Waals surface area contributed by atoms with E-state index in [2.05, 4.69) is 9.80 Å². The summed E-state index contributed by atoms with van der Waals surface area (Å²) in [5.74, 6) is 0.745. The maximum Gasteiger partial charge on any atom is 0.236 e. The molecule has 4 rings (SSSR count). The van der Waals surface area contributed by atoms with Crippen molar-refractivity contribution in [2.75, 3.05) is 58.9 Å². The van der Waals surface area contributed by atoms with Crippen LogP contribution in [0.2, 0.25) is 0 Å². The van der Waals surface area contributed by atoms with Crippen LogP contribution in [0, 0.1) is 5.92 Å². The van der Waals surface area contributed by atoms with Crippen LogP contribution < -0.4 is 0 Å². The molecule has 0 radical (unpaired) electrons. The summed E-state index contributed by atoms with van der Waals surface area (Å²) in [5.41, 5.74) is 0. The molecule has 27 heavy (non-hydrogen) atoms. The van der Waals surface area contributed by atoms with E-state index in [4.69, 9.17) is 0 Å². The summed E-state index contributed by atoms with van der Waals surface area (Å²) in [6.45, 7) is 8.54. The van der Waals surface area contributed by atoms with Crippen LogP contribution in [0.4, 0.5) is 0 Å². The van der Waals surface area contributed by atoms with Gasteiger partial charge in [0.2, 0.25) is 11.8 Å². The van der Waals surface area contributed by atoms with Gasteiger partial charge >= 0.3 is 0 Å². The molecule has 4 fully saturated rings. The molecule has 0 aliphatic carbocycles. The van der Waals surface area contributed by atoms with Crippen LogP contribution in [-0.2, 0) is 9.59 Å². The van der Waals surface area contributed by atoms with E-state index in [1.165, 1.54) is 38.8 Å². The third-order valence-corrected chi connectivity index (χ3v) is 7.11. The predicted octanol–water partition coefficient (Wildman–Crippen LogP) is 1.41. The van der Waals surface area contributed by atoms with Gasteiger partial charge in [-0.25, -0.2) is 0 Å². The lowest BCUT2D eigenvalue weighted by molar-refractivity contribution is -0.140. The first kappa shape index (κ1) is 19.2. The fourth-order valence-corrected chi connectivity index (χ4v) is 5.44. The molecule has 0 N–H and O–H groups in total. The van der Waals surface area contributed by atoms with Crippen molar-refractivity contribution in [1.82, 2.24) is 19.6 Å². The topological polar surface area (TPSA) is 47.1 Å². The molecular formula is C21H36N4O2. The van der Waals surface area contributed by atoms with E-state index in [0.29, 0.717) is 18.5 Å². The summed E-state index contributed by atoms with van der Waals surface area (Å²) >= 11 is 0. The van der Waals surface area contributed by atoms with Crippen molar-refractivity contribution in [3.05, 3.63) is 0 Å². The number of amides is 2. The van der Waals surface area contributed by atoms with Gasteiger partial charge in [-0.05, 0) is 71.0 Å². The highest BCUT2D eigenvalue weighted by molar-refractivity contribution is 5.81. The Bertz CT molecular complexity index is 520. The number of hydrogen-bond acceptors (Lipinski definition) is 4. The number of piperidine rings is 2. The number of carbonyl (C=O) groups is 2. The standard InChI is InChI=1S/C21H36N4O2/c26-20(17-22-9-5-6-19(16-22)23-10-1-2-11-23)24-14-7-18(8-15-24)21(27)25-12-3-4-13-25/h18-19H,1-17H2. The molecule has 0 aromatic rings. The fraction of sp³-hybridized carbons (Fsp3) is 0.905. The lowest BCUT2D eigenvalue weighted by Gasteiger charge is -2.39. The van der Waals surface area contributed by atoms with Gasteiger partial charge in [-0.1, -0.05) is 0 Å². The van der Waals surface area contributed by atoms with Crippen LogP contribution >= 0.6 is 0 Å². The van der Waals surface area contributed by atoms with E-state index in [9.17, 15) is 9.59 Å². The second-order valence-corrected chi connectivity index (χ2v) is 8.96. The molecule has 152 valence electrons. The van der Waals surface area contributed by atoms with E-state index in [-0.39, 0.29) is 11.8 Å². The minimum atomic E-state index is 0.140. The fourth-order valence-electron chi connectivity index (χ4n) is 5.44. The molecule has 0 aromatic carbocycles. The summed E-state index contributed by atoms with van der Waals surface area (Å²) in [4.78, 5) is 34.4. The third-order valence-electron chi connectivity index (χ3n) is 7.11. The molecule has 1 unspecified atom stereocenters.